The van der Waals surface area contributed by atoms with Crippen LogP contribution in [0, 0.1) is 17.5 Å². The van der Waals surface area contributed by atoms with E-state index < -0.39 is 17.5 Å². The van der Waals surface area contributed by atoms with Gasteiger partial charge in [-0.3, -0.25) is 0 Å². The quantitative estimate of drug-likeness (QED) is 0.840. The zero-order valence-corrected chi connectivity index (χ0v) is 8.93. The Morgan fingerprint density at radius 3 is 2.71 bits per heavy atom. The van der Waals surface area contributed by atoms with Gasteiger partial charge in [0.05, 0.1) is 11.3 Å². The number of hydrogen-bond donors (Lipinski definition) is 1. The van der Waals surface area contributed by atoms with Crippen LogP contribution >= 0.6 is 0 Å². The van der Waals surface area contributed by atoms with Gasteiger partial charge in [-0.15, -0.1) is 0 Å². The predicted octanol–water partition coefficient (Wildman–Crippen LogP) is 2.48. The lowest BCUT2D eigenvalue weighted by atomic mass is 10.2. The third-order valence-corrected chi connectivity index (χ3v) is 2.18. The molecule has 0 aliphatic carbocycles. The lowest BCUT2D eigenvalue weighted by Crippen LogP contribution is -2.05. The van der Waals surface area contributed by atoms with E-state index in [1.54, 1.807) is 7.05 Å². The molecule has 1 aromatic carbocycles. The SMILES string of the molecule is CNCc1coc(-c2ccc(F)c(F)c2F)n1. The van der Waals surface area contributed by atoms with Crippen molar-refractivity contribution in [2.24, 2.45) is 0 Å². The molecule has 3 nitrogen and oxygen atoms in total. The highest BCUT2D eigenvalue weighted by Gasteiger charge is 2.18. The van der Waals surface area contributed by atoms with Crippen molar-refractivity contribution in [2.75, 3.05) is 7.05 Å². The van der Waals surface area contributed by atoms with E-state index in [0.717, 1.165) is 12.1 Å². The fourth-order valence-corrected chi connectivity index (χ4v) is 1.38. The van der Waals surface area contributed by atoms with Gasteiger partial charge < -0.3 is 9.73 Å². The Hall–Kier alpha value is -1.82. The number of hydrogen-bond acceptors (Lipinski definition) is 3. The summed E-state index contributed by atoms with van der Waals surface area (Å²) in [6.45, 7) is 0.439. The maximum Gasteiger partial charge on any atom is 0.229 e. The first-order valence-electron chi connectivity index (χ1n) is 4.86. The summed E-state index contributed by atoms with van der Waals surface area (Å²) < 4.78 is 44.1. The van der Waals surface area contributed by atoms with Crippen LogP contribution in [0.25, 0.3) is 11.5 Å². The highest BCUT2D eigenvalue weighted by molar-refractivity contribution is 5.54. The van der Waals surface area contributed by atoms with Gasteiger partial charge in [-0.05, 0) is 19.2 Å². The highest BCUT2D eigenvalue weighted by Crippen LogP contribution is 2.25. The predicted molar refractivity (Wildman–Crippen MR) is 54.6 cm³/mol. The fourth-order valence-electron chi connectivity index (χ4n) is 1.38. The van der Waals surface area contributed by atoms with Crippen LogP contribution in [-0.2, 0) is 6.54 Å². The smallest absolute Gasteiger partial charge is 0.229 e. The first kappa shape index (κ1) is 11.7. The Morgan fingerprint density at radius 2 is 2.00 bits per heavy atom. The number of nitrogens with zero attached hydrogens (tertiary/aromatic N) is 1. The fraction of sp³-hybridized carbons (Fsp3) is 0.182. The van der Waals surface area contributed by atoms with Crippen molar-refractivity contribution in [2.45, 2.75) is 6.54 Å². The third kappa shape index (κ3) is 2.16. The normalized spacial score (nSPS) is 10.8. The summed E-state index contributed by atoms with van der Waals surface area (Å²) in [5, 5.41) is 2.83. The first-order valence-corrected chi connectivity index (χ1v) is 4.86. The number of aromatic nitrogens is 1. The van der Waals surface area contributed by atoms with Gasteiger partial charge in [-0.25, -0.2) is 18.2 Å². The van der Waals surface area contributed by atoms with Crippen molar-refractivity contribution in [1.82, 2.24) is 10.3 Å². The van der Waals surface area contributed by atoms with Crippen molar-refractivity contribution in [3.63, 3.8) is 0 Å². The molecule has 0 radical (unpaired) electrons. The minimum Gasteiger partial charge on any atom is -0.444 e. The highest BCUT2D eigenvalue weighted by atomic mass is 19.2. The molecule has 1 aromatic heterocycles. The van der Waals surface area contributed by atoms with Gasteiger partial charge in [0.25, 0.3) is 0 Å². The zero-order chi connectivity index (χ0) is 12.4. The summed E-state index contributed by atoms with van der Waals surface area (Å²) in [6, 6.07) is 1.92. The second-order valence-electron chi connectivity index (χ2n) is 3.40. The van der Waals surface area contributed by atoms with Crippen LogP contribution in [0.1, 0.15) is 5.69 Å². The summed E-state index contributed by atoms with van der Waals surface area (Å²) in [7, 11) is 1.71. The van der Waals surface area contributed by atoms with Gasteiger partial charge in [0.2, 0.25) is 5.89 Å². The monoisotopic (exact) mass is 242 g/mol. The molecule has 2 rings (SSSR count). The molecular formula is C11H9F3N2O. The van der Waals surface area contributed by atoms with Crippen LogP contribution in [-0.4, -0.2) is 12.0 Å². The molecule has 0 spiro atoms. The number of oxazole rings is 1. The molecule has 0 fully saturated rings. The van der Waals surface area contributed by atoms with Crippen molar-refractivity contribution >= 4 is 0 Å². The Bertz CT molecular complexity index is 540. The van der Waals surface area contributed by atoms with Crippen LogP contribution in [0.2, 0.25) is 0 Å². The molecule has 1 heterocycles. The minimum absolute atomic E-state index is 0.0772. The molecule has 0 saturated heterocycles. The molecule has 0 amide bonds. The second kappa shape index (κ2) is 4.58. The van der Waals surface area contributed by atoms with Gasteiger partial charge in [-0.1, -0.05) is 0 Å². The molecule has 0 bridgehead atoms. The maximum absolute atomic E-state index is 13.4. The van der Waals surface area contributed by atoms with Crippen LogP contribution in [0.3, 0.4) is 0 Å². The molecule has 90 valence electrons. The van der Waals surface area contributed by atoms with E-state index in [9.17, 15) is 13.2 Å². The summed E-state index contributed by atoms with van der Waals surface area (Å²) in [5.74, 6) is -4.15. The largest absolute Gasteiger partial charge is 0.444 e. The molecule has 0 saturated carbocycles. The van der Waals surface area contributed by atoms with Crippen molar-refractivity contribution in [3.8, 4) is 11.5 Å². The third-order valence-electron chi connectivity index (χ3n) is 2.18. The van der Waals surface area contributed by atoms with Crippen LogP contribution in [0.5, 0.6) is 0 Å². The van der Waals surface area contributed by atoms with Crippen LogP contribution in [0.15, 0.2) is 22.8 Å². The van der Waals surface area contributed by atoms with E-state index in [-0.39, 0.29) is 11.5 Å². The molecule has 0 atom stereocenters. The van der Waals surface area contributed by atoms with E-state index in [0.29, 0.717) is 12.2 Å². The van der Waals surface area contributed by atoms with Crippen molar-refractivity contribution < 1.29 is 17.6 Å². The van der Waals surface area contributed by atoms with Gasteiger partial charge in [-0.2, -0.15) is 0 Å². The standard InChI is InChI=1S/C11H9F3N2O/c1-15-4-6-5-17-11(16-6)7-2-3-8(12)10(14)9(7)13/h2-3,5,15H,4H2,1H3. The number of halogens is 3. The molecule has 6 heteroatoms. The van der Waals surface area contributed by atoms with E-state index in [1.165, 1.54) is 6.26 Å². The van der Waals surface area contributed by atoms with E-state index in [1.807, 2.05) is 0 Å². The summed E-state index contributed by atoms with van der Waals surface area (Å²) >= 11 is 0. The molecule has 0 unspecified atom stereocenters. The Labute approximate surface area is 95.3 Å². The second-order valence-corrected chi connectivity index (χ2v) is 3.40. The maximum atomic E-state index is 13.4. The van der Waals surface area contributed by atoms with Gasteiger partial charge >= 0.3 is 0 Å². The molecule has 17 heavy (non-hydrogen) atoms. The van der Waals surface area contributed by atoms with Crippen molar-refractivity contribution in [1.29, 1.82) is 0 Å². The van der Waals surface area contributed by atoms with Gasteiger partial charge in [0.15, 0.2) is 17.5 Å². The average molecular weight is 242 g/mol. The molecule has 2 aromatic rings. The topological polar surface area (TPSA) is 38.1 Å². The van der Waals surface area contributed by atoms with E-state index >= 15 is 0 Å². The Kier molecular flexibility index (Phi) is 3.14. The van der Waals surface area contributed by atoms with E-state index in [2.05, 4.69) is 10.3 Å². The molecule has 0 aliphatic rings. The van der Waals surface area contributed by atoms with Gasteiger partial charge in [0, 0.05) is 6.54 Å². The Morgan fingerprint density at radius 1 is 1.24 bits per heavy atom. The number of rotatable bonds is 3. The van der Waals surface area contributed by atoms with Crippen molar-refractivity contribution in [3.05, 3.63) is 41.5 Å². The summed E-state index contributed by atoms with van der Waals surface area (Å²) in [6.07, 6.45) is 1.33. The van der Waals surface area contributed by atoms with Gasteiger partial charge in [0.1, 0.15) is 6.26 Å². The lowest BCUT2D eigenvalue weighted by molar-refractivity contribution is 0.446. The zero-order valence-electron chi connectivity index (χ0n) is 8.93. The molecule has 0 aliphatic heterocycles. The van der Waals surface area contributed by atoms with Crippen LogP contribution < -0.4 is 5.32 Å². The minimum atomic E-state index is -1.53. The number of nitrogens with one attached hydrogen (secondary N) is 1. The molecular weight excluding hydrogens is 233 g/mol. The lowest BCUT2D eigenvalue weighted by Gasteiger charge is -1.99. The molecule has 1 N–H and O–H groups in total. The first-order chi connectivity index (χ1) is 8.13. The Balaban J connectivity index is 2.42. The summed E-state index contributed by atoms with van der Waals surface area (Å²) in [5.41, 5.74) is 0.345. The number of benzene rings is 1. The average Bonchev–Trinajstić information content (AvgIpc) is 2.75. The van der Waals surface area contributed by atoms with E-state index in [4.69, 9.17) is 4.42 Å². The van der Waals surface area contributed by atoms with Crippen LogP contribution in [0.4, 0.5) is 13.2 Å². The summed E-state index contributed by atoms with van der Waals surface area (Å²) in [4.78, 5) is 3.94.